The van der Waals surface area contributed by atoms with Gasteiger partial charge in [0.2, 0.25) is 5.91 Å². The number of carbonyl (C=O) groups excluding carboxylic acids is 2. The Balaban J connectivity index is 1.39. The zero-order valence-electron chi connectivity index (χ0n) is 16.3. The van der Waals surface area contributed by atoms with Crippen molar-refractivity contribution >= 4 is 11.9 Å². The Kier molecular flexibility index (Phi) is 7.24. The van der Waals surface area contributed by atoms with Gasteiger partial charge in [0.25, 0.3) is 0 Å². The highest BCUT2D eigenvalue weighted by Crippen LogP contribution is 2.17. The van der Waals surface area contributed by atoms with Gasteiger partial charge in [0.15, 0.2) is 0 Å². The lowest BCUT2D eigenvalue weighted by molar-refractivity contribution is -0.125. The van der Waals surface area contributed by atoms with Crippen LogP contribution in [0.1, 0.15) is 44.6 Å². The highest BCUT2D eigenvalue weighted by atomic mass is 16.2. The molecule has 1 atom stereocenters. The van der Waals surface area contributed by atoms with Crippen LogP contribution in [-0.2, 0) is 11.3 Å². The van der Waals surface area contributed by atoms with E-state index >= 15 is 0 Å². The molecule has 27 heavy (non-hydrogen) atoms. The Morgan fingerprint density at radius 1 is 1.04 bits per heavy atom. The zero-order chi connectivity index (χ0) is 19.1. The fourth-order valence-electron chi connectivity index (χ4n) is 4.00. The third kappa shape index (κ3) is 6.04. The summed E-state index contributed by atoms with van der Waals surface area (Å²) in [7, 11) is 0. The molecule has 1 aliphatic heterocycles. The van der Waals surface area contributed by atoms with Crippen molar-refractivity contribution in [3.8, 4) is 0 Å². The number of benzene rings is 1. The van der Waals surface area contributed by atoms with Gasteiger partial charge in [-0.3, -0.25) is 19.9 Å². The van der Waals surface area contributed by atoms with E-state index in [9.17, 15) is 9.59 Å². The van der Waals surface area contributed by atoms with E-state index < -0.39 is 0 Å². The summed E-state index contributed by atoms with van der Waals surface area (Å²) >= 11 is 0. The number of urea groups is 1. The Hall–Kier alpha value is -1.92. The van der Waals surface area contributed by atoms with Gasteiger partial charge in [-0.25, -0.2) is 4.79 Å². The minimum absolute atomic E-state index is 0.209. The van der Waals surface area contributed by atoms with Crippen molar-refractivity contribution in [1.29, 1.82) is 0 Å². The molecule has 2 aliphatic rings. The van der Waals surface area contributed by atoms with Gasteiger partial charge < -0.3 is 5.32 Å². The van der Waals surface area contributed by atoms with Crippen LogP contribution in [0.5, 0.6) is 0 Å². The molecule has 1 aromatic rings. The average Bonchev–Trinajstić information content (AvgIpc) is 2.69. The average molecular weight is 373 g/mol. The molecule has 3 rings (SSSR count). The Morgan fingerprint density at radius 3 is 2.37 bits per heavy atom. The van der Waals surface area contributed by atoms with Gasteiger partial charge in [0.05, 0.1) is 6.04 Å². The molecule has 2 N–H and O–H groups in total. The maximum atomic E-state index is 12.4. The van der Waals surface area contributed by atoms with Crippen molar-refractivity contribution in [3.05, 3.63) is 35.9 Å². The quantitative estimate of drug-likeness (QED) is 0.833. The van der Waals surface area contributed by atoms with Crippen LogP contribution < -0.4 is 10.6 Å². The number of nitrogens with one attached hydrogen (secondary N) is 2. The summed E-state index contributed by atoms with van der Waals surface area (Å²) in [5.41, 5.74) is 1.32. The molecule has 0 radical (unpaired) electrons. The number of hydrogen-bond acceptors (Lipinski definition) is 4. The molecule has 1 heterocycles. The Bertz CT molecular complexity index is 608. The number of hydrogen-bond donors (Lipinski definition) is 2. The van der Waals surface area contributed by atoms with E-state index in [-0.39, 0.29) is 24.0 Å². The first-order valence-electron chi connectivity index (χ1n) is 10.2. The summed E-state index contributed by atoms with van der Waals surface area (Å²) in [6, 6.07) is 10.0. The lowest BCUT2D eigenvalue weighted by Crippen LogP contribution is -2.55. The predicted octanol–water partition coefficient (Wildman–Crippen LogP) is 2.35. The molecular formula is C21H32N4O2. The fourth-order valence-corrected chi connectivity index (χ4v) is 4.00. The van der Waals surface area contributed by atoms with Crippen LogP contribution in [0.25, 0.3) is 0 Å². The standard InChI is InChI=1S/C21H32N4O2/c1-17(20(26)23-21(27)22-19-10-6-3-7-11-19)25-14-12-24(13-15-25)16-18-8-4-2-5-9-18/h2,4-5,8-9,17,19H,3,6-7,10-16H2,1H3,(H2,22,23,26,27)/t17-/m1/s1. The van der Waals surface area contributed by atoms with Gasteiger partial charge in [-0.15, -0.1) is 0 Å². The second kappa shape index (κ2) is 9.85. The van der Waals surface area contributed by atoms with E-state index in [0.29, 0.717) is 0 Å². The summed E-state index contributed by atoms with van der Waals surface area (Å²) < 4.78 is 0. The normalized spacial score (nSPS) is 20.8. The number of piperazine rings is 1. The maximum absolute atomic E-state index is 12.4. The number of imide groups is 1. The van der Waals surface area contributed by atoms with Crippen LogP contribution in [0.3, 0.4) is 0 Å². The third-order valence-corrected chi connectivity index (χ3v) is 5.76. The van der Waals surface area contributed by atoms with Crippen LogP contribution in [0.15, 0.2) is 30.3 Å². The van der Waals surface area contributed by atoms with E-state index in [1.165, 1.54) is 12.0 Å². The van der Waals surface area contributed by atoms with Crippen LogP contribution in [0, 0.1) is 0 Å². The van der Waals surface area contributed by atoms with E-state index in [4.69, 9.17) is 0 Å². The van der Waals surface area contributed by atoms with Gasteiger partial charge >= 0.3 is 6.03 Å². The molecule has 1 saturated carbocycles. The van der Waals surface area contributed by atoms with Crippen molar-refractivity contribution in [2.75, 3.05) is 26.2 Å². The zero-order valence-corrected chi connectivity index (χ0v) is 16.3. The van der Waals surface area contributed by atoms with Crippen LogP contribution >= 0.6 is 0 Å². The van der Waals surface area contributed by atoms with Crippen molar-refractivity contribution in [3.63, 3.8) is 0 Å². The molecule has 1 saturated heterocycles. The van der Waals surface area contributed by atoms with Gasteiger partial charge in [0.1, 0.15) is 0 Å². The van der Waals surface area contributed by atoms with Crippen molar-refractivity contribution in [1.82, 2.24) is 20.4 Å². The van der Waals surface area contributed by atoms with Crippen LogP contribution in [0.4, 0.5) is 4.79 Å². The number of nitrogens with zero attached hydrogens (tertiary/aromatic N) is 2. The molecule has 6 nitrogen and oxygen atoms in total. The summed E-state index contributed by atoms with van der Waals surface area (Å²) in [6.07, 6.45) is 5.58. The molecular weight excluding hydrogens is 340 g/mol. The van der Waals surface area contributed by atoms with Crippen molar-refractivity contribution < 1.29 is 9.59 Å². The first-order chi connectivity index (χ1) is 13.1. The number of rotatable bonds is 5. The lowest BCUT2D eigenvalue weighted by atomic mass is 9.96. The number of amides is 3. The van der Waals surface area contributed by atoms with Crippen LogP contribution in [0.2, 0.25) is 0 Å². The molecule has 0 aromatic heterocycles. The van der Waals surface area contributed by atoms with E-state index in [2.05, 4.69) is 44.7 Å². The van der Waals surface area contributed by atoms with Gasteiger partial charge in [-0.05, 0) is 25.3 Å². The topological polar surface area (TPSA) is 64.7 Å². The molecule has 0 bridgehead atoms. The minimum Gasteiger partial charge on any atom is -0.335 e. The molecule has 6 heteroatoms. The molecule has 2 fully saturated rings. The van der Waals surface area contributed by atoms with E-state index in [1.807, 2.05) is 13.0 Å². The fraction of sp³-hybridized carbons (Fsp3) is 0.619. The van der Waals surface area contributed by atoms with Crippen molar-refractivity contribution in [2.45, 2.75) is 57.7 Å². The highest BCUT2D eigenvalue weighted by molar-refractivity contribution is 5.96. The first-order valence-corrected chi connectivity index (χ1v) is 10.2. The second-order valence-corrected chi connectivity index (χ2v) is 7.77. The van der Waals surface area contributed by atoms with Crippen LogP contribution in [-0.4, -0.2) is 60.0 Å². The van der Waals surface area contributed by atoms with Crippen molar-refractivity contribution in [2.24, 2.45) is 0 Å². The van der Waals surface area contributed by atoms with E-state index in [0.717, 1.165) is 58.4 Å². The third-order valence-electron chi connectivity index (χ3n) is 5.76. The van der Waals surface area contributed by atoms with Gasteiger partial charge in [-0.1, -0.05) is 49.6 Å². The SMILES string of the molecule is C[C@H](C(=O)NC(=O)NC1CCCCC1)N1CCN(Cc2ccccc2)CC1. The predicted molar refractivity (Wildman–Crippen MR) is 106 cm³/mol. The highest BCUT2D eigenvalue weighted by Gasteiger charge is 2.27. The first kappa shape index (κ1) is 19.8. The Morgan fingerprint density at radius 2 is 1.70 bits per heavy atom. The molecule has 1 aliphatic carbocycles. The largest absolute Gasteiger partial charge is 0.335 e. The second-order valence-electron chi connectivity index (χ2n) is 7.77. The minimum atomic E-state index is -0.346. The monoisotopic (exact) mass is 372 g/mol. The maximum Gasteiger partial charge on any atom is 0.321 e. The van der Waals surface area contributed by atoms with Gasteiger partial charge in [0, 0.05) is 38.8 Å². The van der Waals surface area contributed by atoms with E-state index in [1.54, 1.807) is 0 Å². The smallest absolute Gasteiger partial charge is 0.321 e. The molecule has 3 amide bonds. The number of carbonyl (C=O) groups is 2. The van der Waals surface area contributed by atoms with Gasteiger partial charge in [-0.2, -0.15) is 0 Å². The summed E-state index contributed by atoms with van der Waals surface area (Å²) in [5, 5.41) is 5.48. The molecule has 1 aromatic carbocycles. The Labute approximate surface area is 162 Å². The summed E-state index contributed by atoms with van der Waals surface area (Å²) in [4.78, 5) is 29.1. The summed E-state index contributed by atoms with van der Waals surface area (Å²) in [5.74, 6) is -0.209. The molecule has 0 unspecified atom stereocenters. The molecule has 148 valence electrons. The molecule has 0 spiro atoms. The lowest BCUT2D eigenvalue weighted by Gasteiger charge is -2.37. The summed E-state index contributed by atoms with van der Waals surface area (Å²) in [6.45, 7) is 6.37.